The highest BCUT2D eigenvalue weighted by Gasteiger charge is 2.37. The predicted octanol–water partition coefficient (Wildman–Crippen LogP) is 3.21. The maximum Gasteiger partial charge on any atom is 0.225 e. The van der Waals surface area contributed by atoms with Crippen molar-refractivity contribution in [2.24, 2.45) is 11.8 Å². The van der Waals surface area contributed by atoms with Crippen molar-refractivity contribution < 1.29 is 9.53 Å². The number of hydrogen-bond acceptors (Lipinski definition) is 3. The van der Waals surface area contributed by atoms with Crippen molar-refractivity contribution >= 4 is 5.91 Å². The number of nitrogens with zero attached hydrogens (tertiary/aromatic N) is 1. The van der Waals surface area contributed by atoms with E-state index in [1.165, 1.54) is 5.56 Å². The van der Waals surface area contributed by atoms with Crippen molar-refractivity contribution in [2.45, 2.75) is 52.1 Å². The summed E-state index contributed by atoms with van der Waals surface area (Å²) in [4.78, 5) is 14.4. The summed E-state index contributed by atoms with van der Waals surface area (Å²) >= 11 is 0. The van der Waals surface area contributed by atoms with Gasteiger partial charge in [0.15, 0.2) is 0 Å². The first-order valence-corrected chi connectivity index (χ1v) is 9.45. The van der Waals surface area contributed by atoms with Crippen LogP contribution in [0.1, 0.15) is 45.1 Å². The minimum absolute atomic E-state index is 0.343. The molecule has 1 aliphatic heterocycles. The molecule has 1 aromatic rings. The number of carbonyl (C=O) groups is 1. The molecule has 2 aliphatic rings. The van der Waals surface area contributed by atoms with Crippen LogP contribution in [0.2, 0.25) is 0 Å². The minimum atomic E-state index is 0.343. The van der Waals surface area contributed by atoms with E-state index in [0.29, 0.717) is 30.4 Å². The Labute approximate surface area is 145 Å². The number of benzene rings is 1. The molecular weight excluding hydrogens is 300 g/mol. The third kappa shape index (κ3) is 4.29. The molecule has 4 nitrogen and oxygen atoms in total. The van der Waals surface area contributed by atoms with E-state index < -0.39 is 0 Å². The Morgan fingerprint density at radius 1 is 1.21 bits per heavy atom. The maximum absolute atomic E-state index is 12.3. The van der Waals surface area contributed by atoms with Crippen LogP contribution in [-0.2, 0) is 11.3 Å². The van der Waals surface area contributed by atoms with Crippen molar-refractivity contribution in [2.75, 3.05) is 19.7 Å². The smallest absolute Gasteiger partial charge is 0.225 e. The monoisotopic (exact) mass is 330 g/mol. The summed E-state index contributed by atoms with van der Waals surface area (Å²) in [5.41, 5.74) is 1.28. The lowest BCUT2D eigenvalue weighted by Crippen LogP contribution is -2.51. The number of ether oxygens (including phenoxy) is 1. The second-order valence-corrected chi connectivity index (χ2v) is 7.08. The van der Waals surface area contributed by atoms with Crippen molar-refractivity contribution in [3.8, 4) is 5.75 Å². The Morgan fingerprint density at radius 2 is 1.96 bits per heavy atom. The molecule has 1 amide bonds. The van der Waals surface area contributed by atoms with Crippen LogP contribution < -0.4 is 10.1 Å². The quantitative estimate of drug-likeness (QED) is 0.835. The molecular formula is C20H30N2O2. The first-order chi connectivity index (χ1) is 11.7. The molecule has 0 bridgehead atoms. The lowest BCUT2D eigenvalue weighted by Gasteiger charge is -2.39. The van der Waals surface area contributed by atoms with Crippen molar-refractivity contribution in [3.05, 3.63) is 29.8 Å². The van der Waals surface area contributed by atoms with Crippen LogP contribution in [0.15, 0.2) is 24.3 Å². The molecule has 0 spiro atoms. The van der Waals surface area contributed by atoms with Gasteiger partial charge in [0, 0.05) is 31.6 Å². The molecule has 1 N–H and O–H groups in total. The Kier molecular flexibility index (Phi) is 5.77. The average Bonchev–Trinajstić information content (AvgIpc) is 3.46. The lowest BCUT2D eigenvalue weighted by molar-refractivity contribution is -0.134. The molecule has 1 saturated carbocycles. The van der Waals surface area contributed by atoms with Crippen molar-refractivity contribution in [1.29, 1.82) is 0 Å². The summed E-state index contributed by atoms with van der Waals surface area (Å²) in [6.45, 7) is 7.65. The molecule has 4 heteroatoms. The van der Waals surface area contributed by atoms with Gasteiger partial charge in [-0.1, -0.05) is 25.5 Å². The summed E-state index contributed by atoms with van der Waals surface area (Å²) in [6, 6.07) is 8.84. The van der Waals surface area contributed by atoms with Gasteiger partial charge in [0.2, 0.25) is 5.91 Å². The molecule has 1 aliphatic carbocycles. The topological polar surface area (TPSA) is 41.6 Å². The number of carbonyl (C=O) groups excluding carboxylic acids is 1. The number of piperidine rings is 1. The van der Waals surface area contributed by atoms with E-state index in [1.807, 2.05) is 19.1 Å². The van der Waals surface area contributed by atoms with Gasteiger partial charge in [-0.25, -0.2) is 0 Å². The van der Waals surface area contributed by atoms with E-state index in [4.69, 9.17) is 4.74 Å². The zero-order valence-corrected chi connectivity index (χ0v) is 15.0. The molecule has 2 unspecified atom stereocenters. The fraction of sp³-hybridized carbons (Fsp3) is 0.650. The Balaban J connectivity index is 1.50. The molecule has 0 radical (unpaired) electrons. The van der Waals surface area contributed by atoms with E-state index in [1.54, 1.807) is 0 Å². The third-order valence-corrected chi connectivity index (χ3v) is 5.30. The number of nitrogens with one attached hydrogen (secondary N) is 1. The number of likely N-dealkylation sites (tertiary alicyclic amines) is 1. The first-order valence-electron chi connectivity index (χ1n) is 9.45. The SMILES string of the molecule is CCOc1ccc(CNC2CCN(C(=O)C3CC3)CC2CC)cc1. The second-order valence-electron chi connectivity index (χ2n) is 7.08. The summed E-state index contributed by atoms with van der Waals surface area (Å²) in [5, 5.41) is 3.72. The van der Waals surface area contributed by atoms with Gasteiger partial charge in [0.1, 0.15) is 5.75 Å². The normalized spacial score (nSPS) is 24.0. The van der Waals surface area contributed by atoms with Crippen LogP contribution in [0, 0.1) is 11.8 Å². The van der Waals surface area contributed by atoms with Crippen LogP contribution in [-0.4, -0.2) is 36.5 Å². The highest BCUT2D eigenvalue weighted by atomic mass is 16.5. The largest absolute Gasteiger partial charge is 0.494 e. The zero-order valence-electron chi connectivity index (χ0n) is 15.0. The van der Waals surface area contributed by atoms with Gasteiger partial charge in [-0.3, -0.25) is 4.79 Å². The van der Waals surface area contributed by atoms with Crippen LogP contribution in [0.4, 0.5) is 0 Å². The summed E-state index contributed by atoms with van der Waals surface area (Å²) in [5.74, 6) is 2.23. The van der Waals surface area contributed by atoms with Crippen LogP contribution in [0.25, 0.3) is 0 Å². The van der Waals surface area contributed by atoms with Gasteiger partial charge in [0.05, 0.1) is 6.61 Å². The average molecular weight is 330 g/mol. The van der Waals surface area contributed by atoms with E-state index in [-0.39, 0.29) is 0 Å². The van der Waals surface area contributed by atoms with Crippen molar-refractivity contribution in [3.63, 3.8) is 0 Å². The van der Waals surface area contributed by atoms with E-state index in [9.17, 15) is 4.79 Å². The first kappa shape index (κ1) is 17.3. The van der Waals surface area contributed by atoms with E-state index in [2.05, 4.69) is 29.3 Å². The fourth-order valence-corrected chi connectivity index (χ4v) is 3.62. The molecule has 132 valence electrons. The predicted molar refractivity (Wildman–Crippen MR) is 95.9 cm³/mol. The molecule has 2 fully saturated rings. The zero-order chi connectivity index (χ0) is 16.9. The minimum Gasteiger partial charge on any atom is -0.494 e. The Morgan fingerprint density at radius 3 is 2.58 bits per heavy atom. The number of rotatable bonds is 7. The number of amides is 1. The molecule has 1 heterocycles. The second kappa shape index (κ2) is 8.02. The Hall–Kier alpha value is -1.55. The third-order valence-electron chi connectivity index (χ3n) is 5.30. The fourth-order valence-electron chi connectivity index (χ4n) is 3.62. The van der Waals surface area contributed by atoms with Gasteiger partial charge in [0.25, 0.3) is 0 Å². The van der Waals surface area contributed by atoms with Gasteiger partial charge in [-0.2, -0.15) is 0 Å². The van der Waals surface area contributed by atoms with Crippen molar-refractivity contribution in [1.82, 2.24) is 10.2 Å². The highest BCUT2D eigenvalue weighted by Crippen LogP contribution is 2.33. The van der Waals surface area contributed by atoms with Crippen LogP contribution in [0.5, 0.6) is 5.75 Å². The van der Waals surface area contributed by atoms with Gasteiger partial charge >= 0.3 is 0 Å². The van der Waals surface area contributed by atoms with E-state index in [0.717, 1.165) is 51.1 Å². The van der Waals surface area contributed by atoms with Crippen LogP contribution >= 0.6 is 0 Å². The van der Waals surface area contributed by atoms with Gasteiger partial charge in [-0.05, 0) is 49.8 Å². The molecule has 0 aromatic heterocycles. The molecule has 1 saturated heterocycles. The van der Waals surface area contributed by atoms with Gasteiger partial charge < -0.3 is 15.0 Å². The Bertz CT molecular complexity index is 539. The lowest BCUT2D eigenvalue weighted by atomic mass is 9.89. The van der Waals surface area contributed by atoms with Gasteiger partial charge in [-0.15, -0.1) is 0 Å². The summed E-state index contributed by atoms with van der Waals surface area (Å²) in [7, 11) is 0. The number of hydrogen-bond donors (Lipinski definition) is 1. The molecule has 3 rings (SSSR count). The molecule has 2 atom stereocenters. The molecule has 24 heavy (non-hydrogen) atoms. The molecule has 1 aromatic carbocycles. The maximum atomic E-state index is 12.3. The summed E-state index contributed by atoms with van der Waals surface area (Å²) in [6.07, 6.45) is 4.39. The van der Waals surface area contributed by atoms with E-state index >= 15 is 0 Å². The van der Waals surface area contributed by atoms with Crippen LogP contribution in [0.3, 0.4) is 0 Å². The standard InChI is InChI=1S/C20H30N2O2/c1-3-16-14-22(20(23)17-7-8-17)12-11-19(16)21-13-15-5-9-18(10-6-15)24-4-2/h5-6,9-10,16-17,19,21H,3-4,7-8,11-14H2,1-2H3. The summed E-state index contributed by atoms with van der Waals surface area (Å²) < 4.78 is 5.49. The highest BCUT2D eigenvalue weighted by molar-refractivity contribution is 5.81.